The summed E-state index contributed by atoms with van der Waals surface area (Å²) in [6, 6.07) is 8.27. The van der Waals surface area contributed by atoms with Gasteiger partial charge in [-0.05, 0) is 36.8 Å². The molecule has 1 aliphatic heterocycles. The monoisotopic (exact) mass is 331 g/mol. The van der Waals surface area contributed by atoms with Crippen LogP contribution >= 0.6 is 0 Å². The van der Waals surface area contributed by atoms with Crippen LogP contribution in [0.25, 0.3) is 0 Å². The number of hydrogen-bond acceptors (Lipinski definition) is 3. The third-order valence-corrected chi connectivity index (χ3v) is 4.70. The highest BCUT2D eigenvalue weighted by atomic mass is 16.5. The van der Waals surface area contributed by atoms with Gasteiger partial charge in [-0.25, -0.2) is 4.79 Å². The summed E-state index contributed by atoms with van der Waals surface area (Å²) in [7, 11) is 3.45. The number of benzene rings is 1. The Bertz CT molecular complexity index is 592. The van der Waals surface area contributed by atoms with Gasteiger partial charge in [-0.1, -0.05) is 24.3 Å². The van der Waals surface area contributed by atoms with Crippen molar-refractivity contribution < 1.29 is 14.3 Å². The lowest BCUT2D eigenvalue weighted by molar-refractivity contribution is -0.140. The molecule has 0 spiro atoms. The molecule has 130 valence electrons. The Hall–Kier alpha value is -2.08. The second-order valence-corrected chi connectivity index (χ2v) is 6.78. The van der Waals surface area contributed by atoms with Crippen molar-refractivity contribution in [2.75, 3.05) is 20.6 Å². The van der Waals surface area contributed by atoms with Gasteiger partial charge in [-0.15, -0.1) is 0 Å². The zero-order valence-electron chi connectivity index (χ0n) is 14.2. The molecule has 0 aromatic heterocycles. The van der Waals surface area contributed by atoms with Crippen LogP contribution in [-0.4, -0.2) is 55.7 Å². The van der Waals surface area contributed by atoms with E-state index in [1.54, 1.807) is 19.0 Å². The van der Waals surface area contributed by atoms with E-state index in [1.165, 1.54) is 11.1 Å². The van der Waals surface area contributed by atoms with Crippen molar-refractivity contribution in [1.29, 1.82) is 0 Å². The third kappa shape index (κ3) is 3.87. The molecule has 1 heterocycles. The number of nitrogens with zero attached hydrogens (tertiary/aromatic N) is 1. The molecule has 0 saturated carbocycles. The standard InChI is InChI=1S/C18H25N3O3/c1-21(2)17(22)16-8-7-15(24-16)11-19-18(23)20-14-9-12-5-3-4-6-13(12)10-14/h3-6,14-16H,7-11H2,1-2H3,(H2,19,20,23)/t15-,16-/m1/s1. The van der Waals surface area contributed by atoms with Gasteiger partial charge in [0.1, 0.15) is 6.10 Å². The number of fused-ring (bicyclic) bond motifs is 1. The molecule has 2 aliphatic rings. The number of rotatable bonds is 4. The minimum absolute atomic E-state index is 0.00864. The minimum Gasteiger partial charge on any atom is -0.363 e. The second-order valence-electron chi connectivity index (χ2n) is 6.78. The molecule has 1 saturated heterocycles. The molecule has 3 rings (SSSR count). The van der Waals surface area contributed by atoms with Gasteiger partial charge in [-0.3, -0.25) is 4.79 Å². The summed E-state index contributed by atoms with van der Waals surface area (Å²) in [6.07, 6.45) is 2.79. The normalized spacial score (nSPS) is 22.9. The largest absolute Gasteiger partial charge is 0.363 e. The summed E-state index contributed by atoms with van der Waals surface area (Å²) in [5.41, 5.74) is 2.62. The van der Waals surface area contributed by atoms with Crippen molar-refractivity contribution >= 4 is 11.9 Å². The second kappa shape index (κ2) is 7.21. The first-order valence-electron chi connectivity index (χ1n) is 8.50. The van der Waals surface area contributed by atoms with Gasteiger partial charge in [0.15, 0.2) is 0 Å². The molecule has 1 aromatic carbocycles. The third-order valence-electron chi connectivity index (χ3n) is 4.70. The van der Waals surface area contributed by atoms with Crippen LogP contribution in [0.15, 0.2) is 24.3 Å². The highest BCUT2D eigenvalue weighted by Gasteiger charge is 2.32. The Labute approximate surface area is 142 Å². The van der Waals surface area contributed by atoms with E-state index in [0.29, 0.717) is 13.0 Å². The van der Waals surface area contributed by atoms with Crippen LogP contribution < -0.4 is 10.6 Å². The van der Waals surface area contributed by atoms with Crippen molar-refractivity contribution in [3.8, 4) is 0 Å². The highest BCUT2D eigenvalue weighted by molar-refractivity contribution is 5.80. The van der Waals surface area contributed by atoms with Crippen LogP contribution in [-0.2, 0) is 22.4 Å². The Morgan fingerprint density at radius 1 is 1.17 bits per heavy atom. The van der Waals surface area contributed by atoms with Crippen LogP contribution in [0.4, 0.5) is 4.79 Å². The van der Waals surface area contributed by atoms with Gasteiger partial charge in [0.05, 0.1) is 6.10 Å². The van der Waals surface area contributed by atoms with E-state index in [2.05, 4.69) is 22.8 Å². The van der Waals surface area contributed by atoms with Crippen LogP contribution in [0.2, 0.25) is 0 Å². The first-order valence-corrected chi connectivity index (χ1v) is 8.50. The van der Waals surface area contributed by atoms with Crippen LogP contribution in [0.3, 0.4) is 0 Å². The van der Waals surface area contributed by atoms with E-state index in [-0.39, 0.29) is 30.2 Å². The predicted octanol–water partition coefficient (Wildman–Crippen LogP) is 1.09. The average Bonchev–Trinajstić information content (AvgIpc) is 3.18. The van der Waals surface area contributed by atoms with E-state index in [1.807, 2.05) is 12.1 Å². The fourth-order valence-corrected chi connectivity index (χ4v) is 3.43. The van der Waals surface area contributed by atoms with E-state index in [4.69, 9.17) is 4.74 Å². The van der Waals surface area contributed by atoms with Crippen molar-refractivity contribution in [2.45, 2.75) is 43.9 Å². The molecular formula is C18H25N3O3. The fourth-order valence-electron chi connectivity index (χ4n) is 3.43. The molecule has 2 atom stereocenters. The zero-order chi connectivity index (χ0) is 17.1. The Kier molecular flexibility index (Phi) is 5.04. The van der Waals surface area contributed by atoms with Crippen LogP contribution in [0.1, 0.15) is 24.0 Å². The summed E-state index contributed by atoms with van der Waals surface area (Å²) < 4.78 is 5.72. The van der Waals surface area contributed by atoms with Crippen molar-refractivity contribution in [3.63, 3.8) is 0 Å². The first-order chi connectivity index (χ1) is 11.5. The fraction of sp³-hybridized carbons (Fsp3) is 0.556. The maximum absolute atomic E-state index is 12.1. The predicted molar refractivity (Wildman–Crippen MR) is 90.8 cm³/mol. The maximum atomic E-state index is 12.1. The minimum atomic E-state index is -0.376. The molecule has 0 bridgehead atoms. The number of carbonyl (C=O) groups excluding carboxylic acids is 2. The van der Waals surface area contributed by atoms with E-state index in [0.717, 1.165) is 19.3 Å². The smallest absolute Gasteiger partial charge is 0.315 e. The molecule has 0 unspecified atom stereocenters. The number of hydrogen-bond donors (Lipinski definition) is 2. The molecule has 1 aliphatic carbocycles. The van der Waals surface area contributed by atoms with Gasteiger partial charge in [-0.2, -0.15) is 0 Å². The number of likely N-dealkylation sites (N-methyl/N-ethyl adjacent to an activating group) is 1. The van der Waals surface area contributed by atoms with Crippen LogP contribution in [0.5, 0.6) is 0 Å². The van der Waals surface area contributed by atoms with E-state index < -0.39 is 0 Å². The first kappa shape index (κ1) is 16.8. The number of nitrogens with one attached hydrogen (secondary N) is 2. The quantitative estimate of drug-likeness (QED) is 0.868. The lowest BCUT2D eigenvalue weighted by Crippen LogP contribution is -2.45. The van der Waals surface area contributed by atoms with Gasteiger partial charge in [0.25, 0.3) is 5.91 Å². The summed E-state index contributed by atoms with van der Waals surface area (Å²) in [4.78, 5) is 25.5. The van der Waals surface area contributed by atoms with Gasteiger partial charge >= 0.3 is 6.03 Å². The lowest BCUT2D eigenvalue weighted by Gasteiger charge is -2.18. The Balaban J connectivity index is 1.39. The van der Waals surface area contributed by atoms with Gasteiger partial charge in [0, 0.05) is 26.7 Å². The number of amides is 3. The molecule has 0 radical (unpaired) electrons. The van der Waals surface area contributed by atoms with E-state index in [9.17, 15) is 9.59 Å². The number of urea groups is 1. The zero-order valence-corrected chi connectivity index (χ0v) is 14.2. The molecule has 3 amide bonds. The maximum Gasteiger partial charge on any atom is 0.315 e. The molecule has 6 nitrogen and oxygen atoms in total. The van der Waals surface area contributed by atoms with Crippen molar-refractivity contribution in [1.82, 2.24) is 15.5 Å². The summed E-state index contributed by atoms with van der Waals surface area (Å²) in [5, 5.41) is 5.89. The van der Waals surface area contributed by atoms with Crippen LogP contribution in [0, 0.1) is 0 Å². The molecule has 24 heavy (non-hydrogen) atoms. The highest BCUT2D eigenvalue weighted by Crippen LogP contribution is 2.22. The van der Waals surface area contributed by atoms with Crippen molar-refractivity contribution in [3.05, 3.63) is 35.4 Å². The molecule has 6 heteroatoms. The van der Waals surface area contributed by atoms with Gasteiger partial charge < -0.3 is 20.3 Å². The topological polar surface area (TPSA) is 70.7 Å². The SMILES string of the molecule is CN(C)C(=O)[C@H]1CC[C@H](CNC(=O)NC2Cc3ccccc3C2)O1. The summed E-state index contributed by atoms with van der Waals surface area (Å²) in [5.74, 6) is -0.00864. The average molecular weight is 331 g/mol. The van der Waals surface area contributed by atoms with Gasteiger partial charge in [0.2, 0.25) is 0 Å². The number of carbonyl (C=O) groups is 2. The van der Waals surface area contributed by atoms with Crippen molar-refractivity contribution in [2.24, 2.45) is 0 Å². The summed E-state index contributed by atoms with van der Waals surface area (Å²) >= 11 is 0. The molecule has 2 N–H and O–H groups in total. The Morgan fingerprint density at radius 3 is 2.46 bits per heavy atom. The number of ether oxygens (including phenoxy) is 1. The Morgan fingerprint density at radius 2 is 1.83 bits per heavy atom. The molecule has 1 fully saturated rings. The lowest BCUT2D eigenvalue weighted by atomic mass is 10.1. The molecular weight excluding hydrogens is 306 g/mol. The summed E-state index contributed by atoms with van der Waals surface area (Å²) in [6.45, 7) is 0.433. The van der Waals surface area contributed by atoms with E-state index >= 15 is 0 Å². The molecule has 1 aromatic rings.